The SMILES string of the molecule is CSCC(C)CNS(=O)(=O)CCCCNC1CC1. The molecule has 1 aliphatic rings. The lowest BCUT2D eigenvalue weighted by Crippen LogP contribution is -2.31. The van der Waals surface area contributed by atoms with Gasteiger partial charge in [0.15, 0.2) is 0 Å². The van der Waals surface area contributed by atoms with Gasteiger partial charge in [-0.15, -0.1) is 0 Å². The van der Waals surface area contributed by atoms with Crippen LogP contribution in [0.4, 0.5) is 0 Å². The molecule has 1 rings (SSSR count). The first-order valence-electron chi connectivity index (χ1n) is 6.73. The minimum Gasteiger partial charge on any atom is -0.314 e. The standard InChI is InChI=1S/C12H26N2O2S2/c1-11(10-17-2)9-14-18(15,16)8-4-3-7-13-12-5-6-12/h11-14H,3-10H2,1-2H3. The van der Waals surface area contributed by atoms with Crippen LogP contribution in [0, 0.1) is 5.92 Å². The molecule has 18 heavy (non-hydrogen) atoms. The van der Waals surface area contributed by atoms with E-state index in [-0.39, 0.29) is 5.75 Å². The van der Waals surface area contributed by atoms with Crippen molar-refractivity contribution in [1.82, 2.24) is 10.0 Å². The van der Waals surface area contributed by atoms with Gasteiger partial charge in [0.25, 0.3) is 0 Å². The lowest BCUT2D eigenvalue weighted by molar-refractivity contribution is 0.556. The fraction of sp³-hybridized carbons (Fsp3) is 1.00. The highest BCUT2D eigenvalue weighted by Crippen LogP contribution is 2.18. The summed E-state index contributed by atoms with van der Waals surface area (Å²) in [7, 11) is -3.07. The first kappa shape index (κ1) is 16.3. The van der Waals surface area contributed by atoms with Crippen molar-refractivity contribution in [3.05, 3.63) is 0 Å². The van der Waals surface area contributed by atoms with Crippen LogP contribution in [0.2, 0.25) is 0 Å². The third-order valence-corrected chi connectivity index (χ3v) is 5.29. The smallest absolute Gasteiger partial charge is 0.211 e. The van der Waals surface area contributed by atoms with Crippen LogP contribution in [0.5, 0.6) is 0 Å². The van der Waals surface area contributed by atoms with Gasteiger partial charge in [0.05, 0.1) is 5.75 Å². The van der Waals surface area contributed by atoms with Crippen LogP contribution in [-0.2, 0) is 10.0 Å². The number of hydrogen-bond donors (Lipinski definition) is 2. The summed E-state index contributed by atoms with van der Waals surface area (Å²) in [4.78, 5) is 0. The Hall–Kier alpha value is 0.220. The van der Waals surface area contributed by atoms with Crippen molar-refractivity contribution in [3.63, 3.8) is 0 Å². The summed E-state index contributed by atoms with van der Waals surface area (Å²) in [5.74, 6) is 1.64. The average molecular weight is 294 g/mol. The van der Waals surface area contributed by atoms with Gasteiger partial charge in [-0.3, -0.25) is 0 Å². The van der Waals surface area contributed by atoms with E-state index in [1.165, 1.54) is 12.8 Å². The Kier molecular flexibility index (Phi) is 7.60. The fourth-order valence-electron chi connectivity index (χ4n) is 1.70. The second-order valence-electron chi connectivity index (χ2n) is 5.16. The van der Waals surface area contributed by atoms with Gasteiger partial charge < -0.3 is 5.32 Å². The summed E-state index contributed by atoms with van der Waals surface area (Å²) in [6.45, 7) is 3.57. The molecule has 0 aromatic carbocycles. The van der Waals surface area contributed by atoms with E-state index in [2.05, 4.69) is 17.0 Å². The van der Waals surface area contributed by atoms with Gasteiger partial charge in [0.1, 0.15) is 0 Å². The zero-order valence-corrected chi connectivity index (χ0v) is 13.1. The number of unbranched alkanes of at least 4 members (excludes halogenated alkanes) is 1. The number of rotatable bonds is 11. The van der Waals surface area contributed by atoms with E-state index >= 15 is 0 Å². The molecular weight excluding hydrogens is 268 g/mol. The van der Waals surface area contributed by atoms with Crippen molar-refractivity contribution in [2.45, 2.75) is 38.6 Å². The van der Waals surface area contributed by atoms with E-state index in [1.54, 1.807) is 11.8 Å². The molecule has 1 atom stereocenters. The van der Waals surface area contributed by atoms with E-state index in [9.17, 15) is 8.42 Å². The molecule has 1 saturated carbocycles. The molecule has 0 heterocycles. The van der Waals surface area contributed by atoms with E-state index in [0.717, 1.165) is 25.1 Å². The summed E-state index contributed by atoms with van der Waals surface area (Å²) in [5, 5.41) is 3.39. The third kappa shape index (κ3) is 8.34. The number of hydrogen-bond acceptors (Lipinski definition) is 4. The maximum Gasteiger partial charge on any atom is 0.211 e. The number of nitrogens with one attached hydrogen (secondary N) is 2. The molecule has 0 saturated heterocycles. The molecule has 108 valence electrons. The van der Waals surface area contributed by atoms with Crippen LogP contribution in [0.1, 0.15) is 32.6 Å². The van der Waals surface area contributed by atoms with Gasteiger partial charge in [0, 0.05) is 12.6 Å². The van der Waals surface area contributed by atoms with Crippen LogP contribution in [-0.4, -0.2) is 45.3 Å². The van der Waals surface area contributed by atoms with Crippen molar-refractivity contribution >= 4 is 21.8 Å². The molecular formula is C12H26N2O2S2. The van der Waals surface area contributed by atoms with Crippen molar-refractivity contribution in [2.24, 2.45) is 5.92 Å². The minimum absolute atomic E-state index is 0.255. The lowest BCUT2D eigenvalue weighted by atomic mass is 10.2. The second-order valence-corrected chi connectivity index (χ2v) is 8.00. The molecule has 0 aromatic rings. The van der Waals surface area contributed by atoms with Gasteiger partial charge in [-0.25, -0.2) is 13.1 Å². The molecule has 6 heteroatoms. The summed E-state index contributed by atoms with van der Waals surface area (Å²) in [5.41, 5.74) is 0. The Morgan fingerprint density at radius 2 is 2.06 bits per heavy atom. The maximum atomic E-state index is 11.7. The largest absolute Gasteiger partial charge is 0.314 e. The van der Waals surface area contributed by atoms with Gasteiger partial charge in [0.2, 0.25) is 10.0 Å². The summed E-state index contributed by atoms with van der Waals surface area (Å²) in [6, 6.07) is 0.715. The summed E-state index contributed by atoms with van der Waals surface area (Å²) < 4.78 is 26.1. The predicted octanol–water partition coefficient (Wildman–Crippen LogP) is 1.44. The first-order valence-corrected chi connectivity index (χ1v) is 9.78. The van der Waals surface area contributed by atoms with Crippen LogP contribution in [0.3, 0.4) is 0 Å². The highest BCUT2D eigenvalue weighted by Gasteiger charge is 2.19. The highest BCUT2D eigenvalue weighted by molar-refractivity contribution is 7.98. The normalized spacial score (nSPS) is 17.9. The molecule has 1 unspecified atom stereocenters. The Balaban J connectivity index is 2.02. The van der Waals surface area contributed by atoms with E-state index in [4.69, 9.17) is 0 Å². The van der Waals surface area contributed by atoms with E-state index in [0.29, 0.717) is 18.5 Å². The van der Waals surface area contributed by atoms with E-state index in [1.807, 2.05) is 6.26 Å². The molecule has 0 aromatic heterocycles. The zero-order chi connectivity index (χ0) is 13.4. The Morgan fingerprint density at radius 3 is 2.67 bits per heavy atom. The first-order chi connectivity index (χ1) is 8.53. The number of sulfonamides is 1. The molecule has 0 spiro atoms. The quantitative estimate of drug-likeness (QED) is 0.566. The van der Waals surface area contributed by atoms with Crippen molar-refractivity contribution < 1.29 is 8.42 Å². The number of thioether (sulfide) groups is 1. The summed E-state index contributed by atoms with van der Waals surface area (Å²) >= 11 is 1.75. The molecule has 0 aliphatic heterocycles. The zero-order valence-electron chi connectivity index (χ0n) is 11.4. The molecule has 1 aliphatic carbocycles. The molecule has 0 radical (unpaired) electrons. The minimum atomic E-state index is -3.07. The van der Waals surface area contributed by atoms with E-state index < -0.39 is 10.0 Å². The Labute approximate surface area is 116 Å². The molecule has 2 N–H and O–H groups in total. The average Bonchev–Trinajstić information content (AvgIpc) is 3.10. The van der Waals surface area contributed by atoms with Gasteiger partial charge in [-0.1, -0.05) is 6.92 Å². The third-order valence-electron chi connectivity index (χ3n) is 2.95. The molecule has 0 amide bonds. The van der Waals surface area contributed by atoms with Crippen LogP contribution >= 0.6 is 11.8 Å². The van der Waals surface area contributed by atoms with Gasteiger partial charge in [-0.2, -0.15) is 11.8 Å². The van der Waals surface area contributed by atoms with Crippen LogP contribution < -0.4 is 10.0 Å². The second kappa shape index (κ2) is 8.40. The lowest BCUT2D eigenvalue weighted by Gasteiger charge is -2.11. The molecule has 4 nitrogen and oxygen atoms in total. The molecule has 1 fully saturated rings. The Bertz CT molecular complexity index is 316. The van der Waals surface area contributed by atoms with Gasteiger partial charge in [-0.05, 0) is 50.2 Å². The van der Waals surface area contributed by atoms with Crippen LogP contribution in [0.15, 0.2) is 0 Å². The topological polar surface area (TPSA) is 58.2 Å². The fourth-order valence-corrected chi connectivity index (χ4v) is 3.65. The van der Waals surface area contributed by atoms with Crippen molar-refractivity contribution in [3.8, 4) is 0 Å². The van der Waals surface area contributed by atoms with Crippen molar-refractivity contribution in [1.29, 1.82) is 0 Å². The predicted molar refractivity (Wildman–Crippen MR) is 79.6 cm³/mol. The Morgan fingerprint density at radius 1 is 1.33 bits per heavy atom. The van der Waals surface area contributed by atoms with Gasteiger partial charge >= 0.3 is 0 Å². The monoisotopic (exact) mass is 294 g/mol. The molecule has 0 bridgehead atoms. The van der Waals surface area contributed by atoms with Crippen molar-refractivity contribution in [2.75, 3.05) is 30.9 Å². The van der Waals surface area contributed by atoms with Crippen LogP contribution in [0.25, 0.3) is 0 Å². The maximum absolute atomic E-state index is 11.7. The highest BCUT2D eigenvalue weighted by atomic mass is 32.2. The summed E-state index contributed by atoms with van der Waals surface area (Å²) in [6.07, 6.45) is 6.29.